The number of aryl methyl sites for hydroxylation is 2. The number of carbonyl (C=O) groups excluding carboxylic acids is 1. The van der Waals surface area contributed by atoms with Gasteiger partial charge >= 0.3 is 6.18 Å². The van der Waals surface area contributed by atoms with E-state index in [9.17, 15) is 18.0 Å². The number of ketones is 1. The number of ether oxygens (including phenoxy) is 1. The molecule has 0 amide bonds. The van der Waals surface area contributed by atoms with Crippen LogP contribution in [0.5, 0.6) is 5.75 Å². The van der Waals surface area contributed by atoms with Crippen LogP contribution in [-0.4, -0.2) is 22.1 Å². The minimum Gasteiger partial charge on any atom is -0.485 e. The normalized spacial score (nSPS) is 11.6. The van der Waals surface area contributed by atoms with Crippen LogP contribution in [0.25, 0.3) is 5.82 Å². The molecule has 3 aromatic rings. The minimum atomic E-state index is -4.56. The van der Waals surface area contributed by atoms with Crippen molar-refractivity contribution in [2.45, 2.75) is 26.9 Å². The summed E-state index contributed by atoms with van der Waals surface area (Å²) in [5.74, 6) is 0.355. The van der Waals surface area contributed by atoms with Gasteiger partial charge in [-0.15, -0.1) is 0 Å². The predicted octanol–water partition coefficient (Wildman–Crippen LogP) is 4.67. The smallest absolute Gasteiger partial charge is 0.419 e. The maximum absolute atomic E-state index is 13.0. The van der Waals surface area contributed by atoms with Crippen LogP contribution in [0.15, 0.2) is 40.9 Å². The van der Waals surface area contributed by atoms with Crippen LogP contribution in [0.2, 0.25) is 0 Å². The van der Waals surface area contributed by atoms with Crippen molar-refractivity contribution in [3.63, 3.8) is 0 Å². The molecule has 2 heterocycles. The van der Waals surface area contributed by atoms with E-state index in [2.05, 4.69) is 5.16 Å². The molecule has 0 spiro atoms. The van der Waals surface area contributed by atoms with Gasteiger partial charge in [-0.05, 0) is 39.0 Å². The molecule has 1 aromatic carbocycles. The summed E-state index contributed by atoms with van der Waals surface area (Å²) in [6.07, 6.45) is -4.56. The van der Waals surface area contributed by atoms with Gasteiger partial charge in [-0.1, -0.05) is 17.3 Å². The van der Waals surface area contributed by atoms with Gasteiger partial charge in [0.2, 0.25) is 5.78 Å². The number of hydrogen-bond acceptors (Lipinski definition) is 4. The number of carbonyl (C=O) groups is 1. The fourth-order valence-corrected chi connectivity index (χ4v) is 2.90. The topological polar surface area (TPSA) is 57.3 Å². The molecule has 0 unspecified atom stereocenters. The maximum atomic E-state index is 13.0. The second-order valence-electron chi connectivity index (χ2n) is 6.12. The average molecular weight is 378 g/mol. The van der Waals surface area contributed by atoms with E-state index < -0.39 is 24.1 Å². The summed E-state index contributed by atoms with van der Waals surface area (Å²) in [6, 6.07) is 8.18. The van der Waals surface area contributed by atoms with Crippen LogP contribution in [0.3, 0.4) is 0 Å². The monoisotopic (exact) mass is 378 g/mol. The van der Waals surface area contributed by atoms with Crippen molar-refractivity contribution in [2.24, 2.45) is 0 Å². The number of alkyl halides is 3. The van der Waals surface area contributed by atoms with E-state index in [-0.39, 0.29) is 5.75 Å². The lowest BCUT2D eigenvalue weighted by atomic mass is 10.1. The highest BCUT2D eigenvalue weighted by Crippen LogP contribution is 2.36. The van der Waals surface area contributed by atoms with E-state index in [1.165, 1.54) is 18.2 Å². The Balaban J connectivity index is 1.83. The van der Waals surface area contributed by atoms with Crippen molar-refractivity contribution >= 4 is 5.78 Å². The zero-order valence-corrected chi connectivity index (χ0v) is 14.9. The molecule has 0 saturated carbocycles. The number of halogens is 3. The van der Waals surface area contributed by atoms with Crippen LogP contribution >= 0.6 is 0 Å². The Morgan fingerprint density at radius 2 is 1.89 bits per heavy atom. The van der Waals surface area contributed by atoms with E-state index in [1.807, 2.05) is 0 Å². The summed E-state index contributed by atoms with van der Waals surface area (Å²) >= 11 is 0. The summed E-state index contributed by atoms with van der Waals surface area (Å²) < 4.78 is 51.1. The Bertz CT molecular complexity index is 986. The molecule has 3 rings (SSSR count). The number of nitrogens with zero attached hydrogens (tertiary/aromatic N) is 2. The van der Waals surface area contributed by atoms with Gasteiger partial charge in [0, 0.05) is 23.0 Å². The first-order chi connectivity index (χ1) is 12.7. The average Bonchev–Trinajstić information content (AvgIpc) is 3.15. The van der Waals surface area contributed by atoms with Gasteiger partial charge in [0.05, 0.1) is 5.56 Å². The zero-order chi connectivity index (χ0) is 19.8. The Morgan fingerprint density at radius 3 is 2.52 bits per heavy atom. The Morgan fingerprint density at radius 1 is 1.19 bits per heavy atom. The lowest BCUT2D eigenvalue weighted by molar-refractivity contribution is -0.138. The second-order valence-corrected chi connectivity index (χ2v) is 6.12. The maximum Gasteiger partial charge on any atom is 0.419 e. The van der Waals surface area contributed by atoms with Crippen LogP contribution in [0.1, 0.15) is 33.1 Å². The summed E-state index contributed by atoms with van der Waals surface area (Å²) in [5.41, 5.74) is 0.803. The molecule has 0 bridgehead atoms. The highest BCUT2D eigenvalue weighted by molar-refractivity contribution is 5.98. The predicted molar refractivity (Wildman–Crippen MR) is 91.3 cm³/mol. The summed E-state index contributed by atoms with van der Waals surface area (Å²) in [4.78, 5) is 12.5. The van der Waals surface area contributed by atoms with Crippen LogP contribution in [0, 0.1) is 20.8 Å². The lowest BCUT2D eigenvalue weighted by Gasteiger charge is -2.13. The van der Waals surface area contributed by atoms with Gasteiger partial charge in [0.15, 0.2) is 12.4 Å². The molecule has 0 fully saturated rings. The first kappa shape index (κ1) is 18.8. The van der Waals surface area contributed by atoms with Crippen molar-refractivity contribution < 1.29 is 27.2 Å². The molecule has 0 saturated heterocycles. The third-order valence-electron chi connectivity index (χ3n) is 4.13. The van der Waals surface area contributed by atoms with E-state index in [0.29, 0.717) is 22.8 Å². The molecule has 8 heteroatoms. The number of aromatic nitrogens is 2. The molecule has 0 aliphatic heterocycles. The van der Waals surface area contributed by atoms with Crippen molar-refractivity contribution in [3.8, 4) is 11.6 Å². The molecule has 27 heavy (non-hydrogen) atoms. The van der Waals surface area contributed by atoms with Crippen molar-refractivity contribution in [3.05, 3.63) is 64.7 Å². The van der Waals surface area contributed by atoms with Crippen LogP contribution < -0.4 is 4.74 Å². The lowest BCUT2D eigenvalue weighted by Crippen LogP contribution is -2.15. The second kappa shape index (κ2) is 6.94. The molecule has 0 radical (unpaired) electrons. The van der Waals surface area contributed by atoms with E-state index >= 15 is 0 Å². The van der Waals surface area contributed by atoms with Crippen molar-refractivity contribution in [2.75, 3.05) is 6.61 Å². The number of rotatable bonds is 5. The number of Topliss-reactive ketones (excluding diaryl/α,β-unsaturated/α-hetero) is 1. The summed E-state index contributed by atoms with van der Waals surface area (Å²) in [5, 5.41) is 3.93. The van der Waals surface area contributed by atoms with E-state index in [1.54, 1.807) is 37.5 Å². The van der Waals surface area contributed by atoms with E-state index in [4.69, 9.17) is 9.26 Å². The van der Waals surface area contributed by atoms with Gasteiger partial charge in [0.1, 0.15) is 11.5 Å². The number of benzene rings is 1. The first-order valence-corrected chi connectivity index (χ1v) is 8.13. The van der Waals surface area contributed by atoms with Crippen molar-refractivity contribution in [1.82, 2.24) is 9.72 Å². The molecular weight excluding hydrogens is 361 g/mol. The quantitative estimate of drug-likeness (QED) is 0.606. The van der Waals surface area contributed by atoms with Gasteiger partial charge in [-0.25, -0.2) is 0 Å². The fraction of sp³-hybridized carbons (Fsp3) is 0.263. The third-order valence-corrected chi connectivity index (χ3v) is 4.13. The van der Waals surface area contributed by atoms with Gasteiger partial charge in [-0.2, -0.15) is 13.2 Å². The zero-order valence-electron chi connectivity index (χ0n) is 14.9. The van der Waals surface area contributed by atoms with E-state index in [0.717, 1.165) is 11.8 Å². The molecule has 0 N–H and O–H groups in total. The van der Waals surface area contributed by atoms with Crippen LogP contribution in [0.4, 0.5) is 13.2 Å². The molecule has 0 aliphatic carbocycles. The Labute approximate surface area is 153 Å². The standard InChI is InChI=1S/C19H17F3N2O3/c1-11-8-14(13(3)24(11)18-9-12(2)27-23-18)16(25)10-26-17-7-5-4-6-15(17)19(20,21)22/h4-9H,10H2,1-3H3. The first-order valence-electron chi connectivity index (χ1n) is 8.13. The Hall–Kier alpha value is -3.03. The number of hydrogen-bond donors (Lipinski definition) is 0. The molecule has 0 atom stereocenters. The fourth-order valence-electron chi connectivity index (χ4n) is 2.90. The molecule has 5 nitrogen and oxygen atoms in total. The number of para-hydroxylation sites is 1. The molecular formula is C19H17F3N2O3. The van der Waals surface area contributed by atoms with Gasteiger partial charge in [-0.3, -0.25) is 9.36 Å². The largest absolute Gasteiger partial charge is 0.485 e. The Kier molecular flexibility index (Phi) is 4.82. The van der Waals surface area contributed by atoms with Crippen LogP contribution in [-0.2, 0) is 6.18 Å². The summed E-state index contributed by atoms with van der Waals surface area (Å²) in [7, 11) is 0. The highest BCUT2D eigenvalue weighted by atomic mass is 19.4. The molecule has 2 aromatic heterocycles. The summed E-state index contributed by atoms with van der Waals surface area (Å²) in [6.45, 7) is 4.78. The van der Waals surface area contributed by atoms with Gasteiger partial charge in [0.25, 0.3) is 0 Å². The molecule has 0 aliphatic rings. The van der Waals surface area contributed by atoms with Gasteiger partial charge < -0.3 is 9.26 Å². The third kappa shape index (κ3) is 3.74. The van der Waals surface area contributed by atoms with Crippen molar-refractivity contribution in [1.29, 1.82) is 0 Å². The minimum absolute atomic E-state index is 0.359. The molecule has 142 valence electrons. The highest BCUT2D eigenvalue weighted by Gasteiger charge is 2.34. The SMILES string of the molecule is Cc1cc(-n2c(C)cc(C(=O)COc3ccccc3C(F)(F)F)c2C)no1.